The number of unbranched alkanes of at least 4 members (excludes halogenated alkanes) is 4. The van der Waals surface area contributed by atoms with Gasteiger partial charge >= 0.3 is 6.09 Å². The number of para-hydroxylation sites is 1. The van der Waals surface area contributed by atoms with Gasteiger partial charge < -0.3 is 25.4 Å². The number of carbonyl (C=O) groups is 3. The number of phenolic OH excluding ortho intramolecular Hbond substituents is 1. The van der Waals surface area contributed by atoms with Crippen molar-refractivity contribution in [2.45, 2.75) is 97.2 Å². The molecular weight excluding hydrogens is 490 g/mol. The summed E-state index contributed by atoms with van der Waals surface area (Å²) >= 11 is 1.57. The van der Waals surface area contributed by atoms with Gasteiger partial charge in [-0.25, -0.2) is 4.79 Å². The minimum absolute atomic E-state index is 0.0507. The van der Waals surface area contributed by atoms with Crippen molar-refractivity contribution in [3.63, 3.8) is 0 Å². The van der Waals surface area contributed by atoms with Gasteiger partial charge in [0.25, 0.3) is 0 Å². The average Bonchev–Trinajstić information content (AvgIpc) is 2.83. The first-order valence-corrected chi connectivity index (χ1v) is 14.8. The number of carbonyl (C=O) groups excluding carboxylic acids is 3. The van der Waals surface area contributed by atoms with E-state index in [9.17, 15) is 19.5 Å². The predicted molar refractivity (Wildman–Crippen MR) is 151 cm³/mol. The number of hydrogen-bond acceptors (Lipinski definition) is 6. The zero-order valence-corrected chi connectivity index (χ0v) is 24.3. The van der Waals surface area contributed by atoms with E-state index in [1.807, 2.05) is 6.26 Å². The average molecular weight is 538 g/mol. The summed E-state index contributed by atoms with van der Waals surface area (Å²) in [4.78, 5) is 41.7. The van der Waals surface area contributed by atoms with Crippen molar-refractivity contribution in [3.8, 4) is 5.75 Å². The Hall–Kier alpha value is -2.42. The molecule has 0 aromatic heterocycles. The Labute approximate surface area is 227 Å². The summed E-state index contributed by atoms with van der Waals surface area (Å²) in [5.74, 6) is -0.124. The van der Waals surface area contributed by atoms with Gasteiger partial charge in [0.1, 0.15) is 23.4 Å². The van der Waals surface area contributed by atoms with Gasteiger partial charge in [0, 0.05) is 18.7 Å². The molecule has 1 rings (SSSR count). The maximum absolute atomic E-state index is 14.0. The molecular formula is C28H47N3O5S. The fraction of sp³-hybridized carbons (Fsp3) is 0.679. The molecule has 0 fully saturated rings. The minimum atomic E-state index is -1.02. The van der Waals surface area contributed by atoms with Crippen LogP contribution in [0.4, 0.5) is 4.79 Å². The first-order valence-electron chi connectivity index (χ1n) is 13.4. The van der Waals surface area contributed by atoms with Gasteiger partial charge in [-0.15, -0.1) is 0 Å². The van der Waals surface area contributed by atoms with Gasteiger partial charge in [-0.2, -0.15) is 11.8 Å². The van der Waals surface area contributed by atoms with Crippen molar-refractivity contribution in [2.75, 3.05) is 25.1 Å². The van der Waals surface area contributed by atoms with E-state index in [0.29, 0.717) is 37.2 Å². The molecule has 0 aliphatic heterocycles. The predicted octanol–water partition coefficient (Wildman–Crippen LogP) is 5.40. The van der Waals surface area contributed by atoms with E-state index in [1.165, 1.54) is 11.0 Å². The van der Waals surface area contributed by atoms with Gasteiger partial charge in [-0.1, -0.05) is 57.7 Å². The third-order valence-corrected chi connectivity index (χ3v) is 6.40. The molecule has 0 spiro atoms. The lowest BCUT2D eigenvalue weighted by Crippen LogP contribution is -2.53. The molecule has 0 aliphatic carbocycles. The molecule has 0 heterocycles. The van der Waals surface area contributed by atoms with Crippen LogP contribution in [0.2, 0.25) is 0 Å². The van der Waals surface area contributed by atoms with Crippen LogP contribution in [0.1, 0.15) is 91.2 Å². The zero-order valence-electron chi connectivity index (χ0n) is 23.5. The molecule has 2 unspecified atom stereocenters. The molecule has 0 bridgehead atoms. The van der Waals surface area contributed by atoms with Gasteiger partial charge in [0.15, 0.2) is 0 Å². The van der Waals surface area contributed by atoms with E-state index < -0.39 is 23.8 Å². The smallest absolute Gasteiger partial charge is 0.408 e. The summed E-state index contributed by atoms with van der Waals surface area (Å²) < 4.78 is 5.42. The molecule has 3 amide bonds. The molecule has 210 valence electrons. The van der Waals surface area contributed by atoms with Crippen LogP contribution in [0.15, 0.2) is 24.3 Å². The molecule has 9 heteroatoms. The Balaban J connectivity index is 3.40. The van der Waals surface area contributed by atoms with Crippen LogP contribution in [-0.4, -0.2) is 64.7 Å². The Morgan fingerprint density at radius 1 is 1.05 bits per heavy atom. The number of thioether (sulfide) groups is 1. The number of benzene rings is 1. The van der Waals surface area contributed by atoms with E-state index in [0.717, 1.165) is 32.1 Å². The lowest BCUT2D eigenvalue weighted by molar-refractivity contribution is -0.142. The number of amides is 3. The second-order valence-corrected chi connectivity index (χ2v) is 11.2. The molecule has 0 saturated carbocycles. The Bertz CT molecular complexity index is 843. The van der Waals surface area contributed by atoms with Crippen LogP contribution in [0, 0.1) is 0 Å². The van der Waals surface area contributed by atoms with Gasteiger partial charge in [0.2, 0.25) is 11.8 Å². The number of hydrogen-bond donors (Lipinski definition) is 3. The molecule has 3 N–H and O–H groups in total. The molecule has 1 aromatic carbocycles. The lowest BCUT2D eigenvalue weighted by atomic mass is 10.0. The second-order valence-electron chi connectivity index (χ2n) is 10.2. The second kappa shape index (κ2) is 17.2. The molecule has 0 aliphatic rings. The standard InChI is InChI=1S/C28H47N3O5S/c1-7-9-13-18-29-25(33)24(21-15-11-12-16-23(21)32)31(19-14-10-8-2)26(34)22(17-20-37-6)30-27(35)36-28(3,4)5/h11-12,15-16,22,24,32H,7-10,13-14,17-20H2,1-6H3,(H,29,33)(H,30,35). The highest BCUT2D eigenvalue weighted by molar-refractivity contribution is 7.98. The lowest BCUT2D eigenvalue weighted by Gasteiger charge is -2.35. The van der Waals surface area contributed by atoms with E-state index in [1.54, 1.807) is 50.7 Å². The third kappa shape index (κ3) is 12.1. The fourth-order valence-corrected chi connectivity index (χ4v) is 4.37. The van der Waals surface area contributed by atoms with Crippen LogP contribution in [0.25, 0.3) is 0 Å². The topological polar surface area (TPSA) is 108 Å². The molecule has 1 aromatic rings. The number of alkyl carbamates (subject to hydrolysis) is 1. The van der Waals surface area contributed by atoms with Gasteiger partial charge in [0.05, 0.1) is 0 Å². The largest absolute Gasteiger partial charge is 0.508 e. The maximum atomic E-state index is 14.0. The summed E-state index contributed by atoms with van der Waals surface area (Å²) in [7, 11) is 0. The summed E-state index contributed by atoms with van der Waals surface area (Å²) in [5, 5.41) is 16.4. The summed E-state index contributed by atoms with van der Waals surface area (Å²) in [6.07, 6.45) is 6.99. The summed E-state index contributed by atoms with van der Waals surface area (Å²) in [5.41, 5.74) is -0.351. The number of rotatable bonds is 16. The summed E-state index contributed by atoms with van der Waals surface area (Å²) in [6, 6.07) is 4.72. The number of nitrogens with zero attached hydrogens (tertiary/aromatic N) is 1. The third-order valence-electron chi connectivity index (χ3n) is 5.76. The number of ether oxygens (including phenoxy) is 1. The highest BCUT2D eigenvalue weighted by Gasteiger charge is 2.36. The molecule has 37 heavy (non-hydrogen) atoms. The molecule has 0 saturated heterocycles. The SMILES string of the molecule is CCCCCNC(=O)C(c1ccccc1O)N(CCCCC)C(=O)C(CCSC)NC(=O)OC(C)(C)C. The van der Waals surface area contributed by atoms with E-state index in [4.69, 9.17) is 4.74 Å². The highest BCUT2D eigenvalue weighted by atomic mass is 32.2. The van der Waals surface area contributed by atoms with E-state index in [2.05, 4.69) is 24.5 Å². The van der Waals surface area contributed by atoms with Crippen LogP contribution in [-0.2, 0) is 14.3 Å². The Morgan fingerprint density at radius 2 is 1.70 bits per heavy atom. The quantitative estimate of drug-likeness (QED) is 0.244. The zero-order chi connectivity index (χ0) is 27.8. The van der Waals surface area contributed by atoms with Crippen LogP contribution in [0.3, 0.4) is 0 Å². The van der Waals surface area contributed by atoms with Gasteiger partial charge in [-0.3, -0.25) is 9.59 Å². The fourth-order valence-electron chi connectivity index (χ4n) is 3.89. The highest BCUT2D eigenvalue weighted by Crippen LogP contribution is 2.30. The number of nitrogens with one attached hydrogen (secondary N) is 2. The van der Waals surface area contributed by atoms with E-state index >= 15 is 0 Å². The first-order chi connectivity index (χ1) is 17.6. The van der Waals surface area contributed by atoms with Crippen LogP contribution < -0.4 is 10.6 Å². The number of phenols is 1. The van der Waals surface area contributed by atoms with Crippen molar-refractivity contribution < 1.29 is 24.2 Å². The maximum Gasteiger partial charge on any atom is 0.408 e. The van der Waals surface area contributed by atoms with Crippen molar-refractivity contribution in [2.24, 2.45) is 0 Å². The Morgan fingerprint density at radius 3 is 2.30 bits per heavy atom. The van der Waals surface area contributed by atoms with Crippen molar-refractivity contribution in [1.29, 1.82) is 0 Å². The minimum Gasteiger partial charge on any atom is -0.508 e. The van der Waals surface area contributed by atoms with Crippen molar-refractivity contribution in [3.05, 3.63) is 29.8 Å². The molecule has 0 radical (unpaired) electrons. The first kappa shape index (κ1) is 32.6. The normalized spacial score (nSPS) is 12.9. The van der Waals surface area contributed by atoms with Crippen LogP contribution >= 0.6 is 11.8 Å². The molecule has 2 atom stereocenters. The van der Waals surface area contributed by atoms with Crippen molar-refractivity contribution >= 4 is 29.7 Å². The van der Waals surface area contributed by atoms with Crippen LogP contribution in [0.5, 0.6) is 5.75 Å². The summed E-state index contributed by atoms with van der Waals surface area (Å²) in [6.45, 7) is 10.3. The van der Waals surface area contributed by atoms with Crippen molar-refractivity contribution in [1.82, 2.24) is 15.5 Å². The van der Waals surface area contributed by atoms with E-state index in [-0.39, 0.29) is 17.6 Å². The monoisotopic (exact) mass is 537 g/mol. The molecule has 8 nitrogen and oxygen atoms in total. The number of aromatic hydroxyl groups is 1. The van der Waals surface area contributed by atoms with Gasteiger partial charge in [-0.05, 0) is 58.1 Å². The Kier molecular flexibility index (Phi) is 15.1.